The maximum atomic E-state index is 11.1. The van der Waals surface area contributed by atoms with Gasteiger partial charge in [-0.2, -0.15) is 0 Å². The van der Waals surface area contributed by atoms with Gasteiger partial charge >= 0.3 is 5.97 Å². The summed E-state index contributed by atoms with van der Waals surface area (Å²) in [6, 6.07) is 15.1. The van der Waals surface area contributed by atoms with Crippen LogP contribution in [0.3, 0.4) is 0 Å². The molecule has 1 aliphatic rings. The van der Waals surface area contributed by atoms with Gasteiger partial charge in [0.25, 0.3) is 0 Å². The maximum absolute atomic E-state index is 11.1. The lowest BCUT2D eigenvalue weighted by Crippen LogP contribution is -2.06. The molecule has 0 fully saturated rings. The smallest absolute Gasteiger partial charge is 0.305 e. The Hall–Kier alpha value is -2.29. The number of esters is 1. The van der Waals surface area contributed by atoms with E-state index in [0.717, 1.165) is 25.1 Å². The summed E-state index contributed by atoms with van der Waals surface area (Å²) in [6.45, 7) is 0.779. The molecular weight excluding hydrogens is 262 g/mol. The number of fused-ring (bicyclic) bond motifs is 3. The third kappa shape index (κ3) is 2.92. The zero-order valence-electron chi connectivity index (χ0n) is 12.2. The molecule has 0 spiro atoms. The number of carbonyl (C=O) groups is 1. The van der Waals surface area contributed by atoms with Crippen molar-refractivity contribution in [2.24, 2.45) is 0 Å². The average Bonchev–Trinajstić information content (AvgIpc) is 2.89. The summed E-state index contributed by atoms with van der Waals surface area (Å²) in [7, 11) is 1.42. The molecule has 0 radical (unpaired) electrons. The number of methoxy groups -OCH3 is 1. The lowest BCUT2D eigenvalue weighted by atomic mass is 10.1. The first-order valence-corrected chi connectivity index (χ1v) is 7.30. The van der Waals surface area contributed by atoms with Crippen molar-refractivity contribution in [3.05, 3.63) is 53.6 Å². The van der Waals surface area contributed by atoms with Crippen molar-refractivity contribution in [1.82, 2.24) is 0 Å². The molecule has 3 nitrogen and oxygen atoms in total. The number of rotatable bonds is 5. The Morgan fingerprint density at radius 3 is 2.81 bits per heavy atom. The van der Waals surface area contributed by atoms with Crippen molar-refractivity contribution >= 4 is 11.7 Å². The Morgan fingerprint density at radius 1 is 1.14 bits per heavy atom. The molecule has 2 aromatic carbocycles. The number of anilines is 1. The summed E-state index contributed by atoms with van der Waals surface area (Å²) in [4.78, 5) is 11.1. The minimum atomic E-state index is -0.152. The number of hydrogen-bond donors (Lipinski definition) is 1. The van der Waals surface area contributed by atoms with Crippen LogP contribution in [-0.2, 0) is 16.0 Å². The molecule has 108 valence electrons. The Kier molecular flexibility index (Phi) is 3.91. The van der Waals surface area contributed by atoms with E-state index in [1.807, 2.05) is 0 Å². The lowest BCUT2D eigenvalue weighted by molar-refractivity contribution is -0.140. The van der Waals surface area contributed by atoms with E-state index in [-0.39, 0.29) is 5.97 Å². The molecule has 0 saturated heterocycles. The summed E-state index contributed by atoms with van der Waals surface area (Å²) < 4.78 is 4.63. The van der Waals surface area contributed by atoms with Gasteiger partial charge in [0, 0.05) is 18.7 Å². The highest BCUT2D eigenvalue weighted by Crippen LogP contribution is 2.37. The molecule has 3 rings (SSSR count). The predicted molar refractivity (Wildman–Crippen MR) is 84.4 cm³/mol. The molecule has 3 heteroatoms. The average molecular weight is 281 g/mol. The van der Waals surface area contributed by atoms with Crippen molar-refractivity contribution in [2.45, 2.75) is 19.3 Å². The van der Waals surface area contributed by atoms with Crippen molar-refractivity contribution in [1.29, 1.82) is 0 Å². The van der Waals surface area contributed by atoms with Gasteiger partial charge < -0.3 is 10.1 Å². The molecular formula is C18H19NO2. The largest absolute Gasteiger partial charge is 0.469 e. The van der Waals surface area contributed by atoms with Crippen molar-refractivity contribution in [3.8, 4) is 11.1 Å². The first kappa shape index (κ1) is 13.7. The fraction of sp³-hybridized carbons (Fsp3) is 0.278. The Labute approximate surface area is 124 Å². The molecule has 0 aliphatic heterocycles. The minimum Gasteiger partial charge on any atom is -0.469 e. The zero-order chi connectivity index (χ0) is 14.7. The second-order valence-electron chi connectivity index (χ2n) is 5.31. The van der Waals surface area contributed by atoms with Crippen LogP contribution in [0.4, 0.5) is 5.69 Å². The van der Waals surface area contributed by atoms with Crippen LogP contribution in [0.5, 0.6) is 0 Å². The van der Waals surface area contributed by atoms with Crippen LogP contribution < -0.4 is 5.32 Å². The van der Waals surface area contributed by atoms with E-state index >= 15 is 0 Å². The van der Waals surface area contributed by atoms with Crippen LogP contribution in [-0.4, -0.2) is 19.6 Å². The highest BCUT2D eigenvalue weighted by Gasteiger charge is 2.17. The number of ether oxygens (including phenoxy) is 1. The fourth-order valence-electron chi connectivity index (χ4n) is 2.82. The van der Waals surface area contributed by atoms with Crippen LogP contribution in [0.25, 0.3) is 11.1 Å². The van der Waals surface area contributed by atoms with Gasteiger partial charge in [0.15, 0.2) is 0 Å². The van der Waals surface area contributed by atoms with Gasteiger partial charge in [-0.15, -0.1) is 0 Å². The second-order valence-corrected chi connectivity index (χ2v) is 5.31. The van der Waals surface area contributed by atoms with Crippen LogP contribution in [0.1, 0.15) is 24.0 Å². The molecule has 0 bridgehead atoms. The Balaban J connectivity index is 1.63. The third-order valence-corrected chi connectivity index (χ3v) is 3.91. The van der Waals surface area contributed by atoms with E-state index in [0.29, 0.717) is 6.42 Å². The fourth-order valence-corrected chi connectivity index (χ4v) is 2.82. The predicted octanol–water partition coefficient (Wildman–Crippen LogP) is 3.62. The lowest BCUT2D eigenvalue weighted by Gasteiger charge is -2.08. The van der Waals surface area contributed by atoms with Crippen molar-refractivity contribution in [3.63, 3.8) is 0 Å². The van der Waals surface area contributed by atoms with Crippen LogP contribution >= 0.6 is 0 Å². The molecule has 0 aromatic heterocycles. The Bertz CT molecular complexity index is 664. The zero-order valence-corrected chi connectivity index (χ0v) is 12.2. The van der Waals surface area contributed by atoms with Crippen molar-refractivity contribution < 1.29 is 9.53 Å². The van der Waals surface area contributed by atoms with E-state index in [2.05, 4.69) is 52.5 Å². The highest BCUT2D eigenvalue weighted by molar-refractivity contribution is 5.78. The molecule has 0 unspecified atom stereocenters. The molecule has 1 N–H and O–H groups in total. The minimum absolute atomic E-state index is 0.152. The van der Waals surface area contributed by atoms with Gasteiger partial charge in [0.1, 0.15) is 0 Å². The normalized spacial score (nSPS) is 11.7. The van der Waals surface area contributed by atoms with E-state index < -0.39 is 0 Å². The summed E-state index contributed by atoms with van der Waals surface area (Å²) in [5.74, 6) is -0.152. The van der Waals surface area contributed by atoms with E-state index in [4.69, 9.17) is 0 Å². The van der Waals surface area contributed by atoms with E-state index in [1.54, 1.807) is 0 Å². The van der Waals surface area contributed by atoms with Crippen LogP contribution in [0, 0.1) is 0 Å². The van der Waals surface area contributed by atoms with Crippen LogP contribution in [0.2, 0.25) is 0 Å². The topological polar surface area (TPSA) is 38.3 Å². The Morgan fingerprint density at radius 2 is 1.95 bits per heavy atom. The molecule has 0 heterocycles. The standard InChI is InChI=1S/C18H19NO2/c1-21-18(20)7-4-10-19-15-8-9-17-14(12-15)11-13-5-2-3-6-16(13)17/h2-3,5-6,8-9,12,19H,4,7,10-11H2,1H3. The second kappa shape index (κ2) is 6.00. The first-order chi connectivity index (χ1) is 10.3. The summed E-state index contributed by atoms with van der Waals surface area (Å²) in [5, 5.41) is 3.37. The maximum Gasteiger partial charge on any atom is 0.305 e. The molecule has 1 aliphatic carbocycles. The quantitative estimate of drug-likeness (QED) is 0.573. The SMILES string of the molecule is COC(=O)CCCNc1ccc2c(c1)Cc1ccccc1-2. The number of benzene rings is 2. The summed E-state index contributed by atoms with van der Waals surface area (Å²) >= 11 is 0. The summed E-state index contributed by atoms with van der Waals surface area (Å²) in [6.07, 6.45) is 2.24. The van der Waals surface area contributed by atoms with Gasteiger partial charge in [0.2, 0.25) is 0 Å². The third-order valence-electron chi connectivity index (χ3n) is 3.91. The molecule has 0 atom stereocenters. The molecule has 2 aromatic rings. The number of nitrogens with one attached hydrogen (secondary N) is 1. The van der Waals surface area contributed by atoms with Gasteiger partial charge in [-0.3, -0.25) is 4.79 Å². The van der Waals surface area contributed by atoms with E-state index in [1.165, 1.54) is 29.4 Å². The first-order valence-electron chi connectivity index (χ1n) is 7.30. The van der Waals surface area contributed by atoms with Gasteiger partial charge in [-0.1, -0.05) is 30.3 Å². The summed E-state index contributed by atoms with van der Waals surface area (Å²) in [5.41, 5.74) is 6.58. The van der Waals surface area contributed by atoms with Crippen molar-refractivity contribution in [2.75, 3.05) is 19.0 Å². The van der Waals surface area contributed by atoms with Crippen LogP contribution in [0.15, 0.2) is 42.5 Å². The monoisotopic (exact) mass is 281 g/mol. The highest BCUT2D eigenvalue weighted by atomic mass is 16.5. The van der Waals surface area contributed by atoms with Gasteiger partial charge in [-0.25, -0.2) is 0 Å². The van der Waals surface area contributed by atoms with Gasteiger partial charge in [0.05, 0.1) is 7.11 Å². The molecule has 21 heavy (non-hydrogen) atoms. The number of carbonyl (C=O) groups excluding carboxylic acids is 1. The number of hydrogen-bond acceptors (Lipinski definition) is 3. The molecule has 0 amide bonds. The molecule has 0 saturated carbocycles. The van der Waals surface area contributed by atoms with Gasteiger partial charge in [-0.05, 0) is 47.2 Å². The van der Waals surface area contributed by atoms with E-state index in [9.17, 15) is 4.79 Å².